The Kier molecular flexibility index (Phi) is 2.63. The summed E-state index contributed by atoms with van der Waals surface area (Å²) in [4.78, 5) is 24.1. The van der Waals surface area contributed by atoms with Crippen molar-refractivity contribution in [3.05, 3.63) is 12.7 Å². The van der Waals surface area contributed by atoms with E-state index in [1.54, 1.807) is 33.8 Å². The molecular weight excluding hydrogens is 194 g/mol. The van der Waals surface area contributed by atoms with E-state index in [0.717, 1.165) is 4.90 Å². The molecule has 0 bridgehead atoms. The van der Waals surface area contributed by atoms with E-state index in [4.69, 9.17) is 4.74 Å². The standard InChI is InChI=1S/C11H17NO3/c1-6-11(5)7-8(13)12(11)9(14)15-10(2,3)4/h6H,1,7H2,2-5H3. The molecule has 15 heavy (non-hydrogen) atoms. The van der Waals surface area contributed by atoms with Crippen LogP contribution in [-0.2, 0) is 9.53 Å². The summed E-state index contributed by atoms with van der Waals surface area (Å²) in [6.45, 7) is 10.7. The number of carbonyl (C=O) groups excluding carboxylic acids is 2. The lowest BCUT2D eigenvalue weighted by Crippen LogP contribution is -2.63. The molecule has 0 aromatic heterocycles. The molecule has 0 spiro atoms. The first kappa shape index (κ1) is 11.8. The van der Waals surface area contributed by atoms with E-state index in [1.165, 1.54) is 0 Å². The van der Waals surface area contributed by atoms with E-state index < -0.39 is 17.2 Å². The van der Waals surface area contributed by atoms with Crippen molar-refractivity contribution in [2.45, 2.75) is 45.3 Å². The molecule has 4 nitrogen and oxygen atoms in total. The molecule has 0 N–H and O–H groups in total. The number of ether oxygens (including phenoxy) is 1. The molecule has 1 aliphatic rings. The van der Waals surface area contributed by atoms with Crippen molar-refractivity contribution >= 4 is 12.0 Å². The van der Waals surface area contributed by atoms with Crippen molar-refractivity contribution in [1.29, 1.82) is 0 Å². The summed E-state index contributed by atoms with van der Waals surface area (Å²) in [5.41, 5.74) is -1.17. The molecule has 0 aromatic rings. The van der Waals surface area contributed by atoms with Gasteiger partial charge in [-0.1, -0.05) is 6.08 Å². The smallest absolute Gasteiger partial charge is 0.417 e. The normalized spacial score (nSPS) is 25.9. The Bertz CT molecular complexity index is 316. The van der Waals surface area contributed by atoms with Crippen LogP contribution in [0.2, 0.25) is 0 Å². The van der Waals surface area contributed by atoms with Crippen LogP contribution in [0.1, 0.15) is 34.1 Å². The third-order valence-electron chi connectivity index (χ3n) is 2.29. The Morgan fingerprint density at radius 3 is 2.47 bits per heavy atom. The second kappa shape index (κ2) is 3.36. The van der Waals surface area contributed by atoms with E-state index in [0.29, 0.717) is 6.42 Å². The fourth-order valence-electron chi connectivity index (χ4n) is 1.44. The molecule has 1 saturated heterocycles. The molecule has 1 fully saturated rings. The number of amides is 2. The fraction of sp³-hybridized carbons (Fsp3) is 0.636. The quantitative estimate of drug-likeness (QED) is 0.493. The first-order chi connectivity index (χ1) is 6.69. The number of imide groups is 1. The van der Waals surface area contributed by atoms with Crippen LogP contribution in [0.5, 0.6) is 0 Å². The maximum Gasteiger partial charge on any atom is 0.417 e. The summed E-state index contributed by atoms with van der Waals surface area (Å²) in [5.74, 6) is -0.216. The van der Waals surface area contributed by atoms with E-state index in [1.807, 2.05) is 0 Å². The topological polar surface area (TPSA) is 46.6 Å². The van der Waals surface area contributed by atoms with Gasteiger partial charge in [-0.15, -0.1) is 6.58 Å². The van der Waals surface area contributed by atoms with E-state index in [-0.39, 0.29) is 5.91 Å². The van der Waals surface area contributed by atoms with Gasteiger partial charge in [-0.05, 0) is 27.7 Å². The monoisotopic (exact) mass is 211 g/mol. The highest BCUT2D eigenvalue weighted by atomic mass is 16.6. The van der Waals surface area contributed by atoms with Gasteiger partial charge in [0.1, 0.15) is 5.60 Å². The number of hydrogen-bond donors (Lipinski definition) is 0. The zero-order chi connectivity index (χ0) is 11.9. The molecule has 0 saturated carbocycles. The lowest BCUT2D eigenvalue weighted by Gasteiger charge is -2.46. The lowest BCUT2D eigenvalue weighted by atomic mass is 9.86. The molecule has 1 rings (SSSR count). The number of carbonyl (C=O) groups is 2. The van der Waals surface area contributed by atoms with E-state index in [9.17, 15) is 9.59 Å². The van der Waals surface area contributed by atoms with Crippen molar-refractivity contribution in [2.24, 2.45) is 0 Å². The number of β-lactam (4-membered cyclic amide) rings is 1. The van der Waals surface area contributed by atoms with E-state index in [2.05, 4.69) is 6.58 Å². The lowest BCUT2D eigenvalue weighted by molar-refractivity contribution is -0.148. The Balaban J connectivity index is 2.75. The summed E-state index contributed by atoms with van der Waals surface area (Å²) < 4.78 is 5.13. The van der Waals surface area contributed by atoms with Gasteiger partial charge in [0.25, 0.3) is 0 Å². The largest absolute Gasteiger partial charge is 0.443 e. The molecule has 1 aliphatic heterocycles. The van der Waals surface area contributed by atoms with Gasteiger partial charge in [0.15, 0.2) is 0 Å². The van der Waals surface area contributed by atoms with Gasteiger partial charge in [0, 0.05) is 0 Å². The third-order valence-corrected chi connectivity index (χ3v) is 2.29. The number of rotatable bonds is 1. The van der Waals surface area contributed by atoms with Crippen LogP contribution >= 0.6 is 0 Å². The van der Waals surface area contributed by atoms with E-state index >= 15 is 0 Å². The van der Waals surface area contributed by atoms with Gasteiger partial charge in [0.05, 0.1) is 12.0 Å². The minimum Gasteiger partial charge on any atom is -0.443 e. The summed E-state index contributed by atoms with van der Waals surface area (Å²) >= 11 is 0. The van der Waals surface area contributed by atoms with Crippen molar-refractivity contribution in [2.75, 3.05) is 0 Å². The molecule has 1 unspecified atom stereocenters. The molecular formula is C11H17NO3. The molecule has 0 radical (unpaired) electrons. The molecule has 84 valence electrons. The van der Waals surface area contributed by atoms with Gasteiger partial charge in [-0.3, -0.25) is 4.79 Å². The second-order valence-corrected chi connectivity index (χ2v) is 4.95. The SMILES string of the molecule is C=CC1(C)CC(=O)N1C(=O)OC(C)(C)C. The zero-order valence-corrected chi connectivity index (χ0v) is 9.66. The van der Waals surface area contributed by atoms with Crippen LogP contribution in [0.4, 0.5) is 4.79 Å². The Morgan fingerprint density at radius 2 is 2.13 bits per heavy atom. The highest BCUT2D eigenvalue weighted by Crippen LogP contribution is 2.33. The van der Waals surface area contributed by atoms with Crippen LogP contribution in [0.25, 0.3) is 0 Å². The highest BCUT2D eigenvalue weighted by molar-refractivity contribution is 5.99. The highest BCUT2D eigenvalue weighted by Gasteiger charge is 2.50. The second-order valence-electron chi connectivity index (χ2n) is 4.95. The van der Waals surface area contributed by atoms with Crippen molar-refractivity contribution in [3.63, 3.8) is 0 Å². The van der Waals surface area contributed by atoms with Gasteiger partial charge < -0.3 is 4.74 Å². The predicted molar refractivity (Wildman–Crippen MR) is 56.3 cm³/mol. The summed E-state index contributed by atoms with van der Waals surface area (Å²) in [6, 6.07) is 0. The summed E-state index contributed by atoms with van der Waals surface area (Å²) in [6.07, 6.45) is 1.31. The molecule has 0 aromatic carbocycles. The van der Waals surface area contributed by atoms with Gasteiger partial charge in [0.2, 0.25) is 5.91 Å². The summed E-state index contributed by atoms with van der Waals surface area (Å²) in [7, 11) is 0. The molecule has 2 amide bonds. The van der Waals surface area contributed by atoms with Crippen LogP contribution in [-0.4, -0.2) is 28.0 Å². The Morgan fingerprint density at radius 1 is 1.60 bits per heavy atom. The maximum absolute atomic E-state index is 11.7. The van der Waals surface area contributed by atoms with Crippen molar-refractivity contribution < 1.29 is 14.3 Å². The number of likely N-dealkylation sites (tertiary alicyclic amines) is 1. The van der Waals surface area contributed by atoms with Gasteiger partial charge >= 0.3 is 6.09 Å². The molecule has 0 aliphatic carbocycles. The third kappa shape index (κ3) is 2.19. The minimum atomic E-state index is -0.596. The molecule has 4 heteroatoms. The minimum absolute atomic E-state index is 0.216. The average Bonchev–Trinajstić information content (AvgIpc) is 1.98. The van der Waals surface area contributed by atoms with Gasteiger partial charge in [-0.25, -0.2) is 9.69 Å². The number of nitrogens with zero attached hydrogens (tertiary/aromatic N) is 1. The maximum atomic E-state index is 11.7. The molecule has 1 atom stereocenters. The average molecular weight is 211 g/mol. The van der Waals surface area contributed by atoms with Crippen molar-refractivity contribution in [1.82, 2.24) is 4.90 Å². The molecule has 1 heterocycles. The Hall–Kier alpha value is -1.32. The van der Waals surface area contributed by atoms with Crippen LogP contribution in [0, 0.1) is 0 Å². The van der Waals surface area contributed by atoms with Crippen LogP contribution in [0.3, 0.4) is 0 Å². The fourth-order valence-corrected chi connectivity index (χ4v) is 1.44. The van der Waals surface area contributed by atoms with Crippen LogP contribution < -0.4 is 0 Å². The first-order valence-electron chi connectivity index (χ1n) is 4.89. The first-order valence-corrected chi connectivity index (χ1v) is 4.89. The van der Waals surface area contributed by atoms with Crippen molar-refractivity contribution in [3.8, 4) is 0 Å². The Labute approximate surface area is 89.9 Å². The van der Waals surface area contributed by atoms with Gasteiger partial charge in [-0.2, -0.15) is 0 Å². The predicted octanol–water partition coefficient (Wildman–Crippen LogP) is 2.10. The number of hydrogen-bond acceptors (Lipinski definition) is 3. The zero-order valence-electron chi connectivity index (χ0n) is 9.66. The van der Waals surface area contributed by atoms with Crippen LogP contribution in [0.15, 0.2) is 12.7 Å². The summed E-state index contributed by atoms with van der Waals surface area (Å²) in [5, 5.41) is 0.